The Kier molecular flexibility index (Phi) is 4.38. The average molecular weight is 339 g/mol. The molecule has 130 valence electrons. The second-order valence-electron chi connectivity index (χ2n) is 6.83. The number of benzene rings is 1. The zero-order chi connectivity index (χ0) is 17.2. The molecule has 1 N–H and O–H groups in total. The smallest absolute Gasteiger partial charge is 0.257 e. The van der Waals surface area contributed by atoms with Crippen molar-refractivity contribution in [2.24, 2.45) is 0 Å². The summed E-state index contributed by atoms with van der Waals surface area (Å²) in [6.07, 6.45) is 6.79. The minimum Gasteiger partial charge on any atom is -0.363 e. The molecule has 25 heavy (non-hydrogen) atoms. The number of carbonyl (C=O) groups excluding carboxylic acids is 1. The van der Waals surface area contributed by atoms with Crippen molar-refractivity contribution in [3.05, 3.63) is 59.0 Å². The van der Waals surface area contributed by atoms with Gasteiger partial charge in [-0.05, 0) is 67.5 Å². The number of amides is 1. The van der Waals surface area contributed by atoms with Crippen LogP contribution in [0.15, 0.2) is 36.5 Å². The van der Waals surface area contributed by atoms with E-state index < -0.39 is 0 Å². The van der Waals surface area contributed by atoms with Crippen LogP contribution >= 0.6 is 0 Å². The summed E-state index contributed by atoms with van der Waals surface area (Å²) in [4.78, 5) is 19.2. The molecule has 1 aliphatic carbocycles. The number of fused-ring (bicyclic) bond motifs is 1. The summed E-state index contributed by atoms with van der Waals surface area (Å²) in [5.41, 5.74) is 2.75. The van der Waals surface area contributed by atoms with E-state index in [0.717, 1.165) is 44.3 Å². The van der Waals surface area contributed by atoms with Crippen LogP contribution in [0, 0.1) is 5.82 Å². The highest BCUT2D eigenvalue weighted by Gasteiger charge is 2.26. The van der Waals surface area contributed by atoms with Crippen molar-refractivity contribution in [3.8, 4) is 0 Å². The Hall–Kier alpha value is -2.43. The van der Waals surface area contributed by atoms with Gasteiger partial charge in [0, 0.05) is 19.3 Å². The van der Waals surface area contributed by atoms with Crippen LogP contribution in [0.25, 0.3) is 0 Å². The molecule has 0 bridgehead atoms. The number of rotatable bonds is 3. The average Bonchev–Trinajstić information content (AvgIpc) is 3.04. The highest BCUT2D eigenvalue weighted by atomic mass is 19.1. The van der Waals surface area contributed by atoms with Gasteiger partial charge < -0.3 is 10.2 Å². The van der Waals surface area contributed by atoms with E-state index in [9.17, 15) is 9.18 Å². The molecule has 1 aliphatic heterocycles. The number of hydrogen-bond donors (Lipinski definition) is 1. The molecule has 0 spiro atoms. The summed E-state index contributed by atoms with van der Waals surface area (Å²) in [5.74, 6) is 0.408. The maximum absolute atomic E-state index is 13.6. The molecule has 4 nitrogen and oxygen atoms in total. The lowest BCUT2D eigenvalue weighted by atomic mass is 10.1. The molecule has 1 aromatic carbocycles. The van der Waals surface area contributed by atoms with Gasteiger partial charge in [0.15, 0.2) is 0 Å². The number of carbonyl (C=O) groups is 1. The lowest BCUT2D eigenvalue weighted by Crippen LogP contribution is -2.36. The number of pyridine rings is 1. The van der Waals surface area contributed by atoms with Gasteiger partial charge in [-0.15, -0.1) is 0 Å². The quantitative estimate of drug-likeness (QED) is 0.921. The number of aromatic nitrogens is 1. The van der Waals surface area contributed by atoms with Crippen molar-refractivity contribution in [2.75, 3.05) is 18.4 Å². The number of likely N-dealkylation sites (tertiary alicyclic amines) is 1. The molecule has 1 unspecified atom stereocenters. The fourth-order valence-electron chi connectivity index (χ4n) is 3.85. The third-order valence-electron chi connectivity index (χ3n) is 5.18. The maximum atomic E-state index is 13.6. The van der Waals surface area contributed by atoms with Crippen molar-refractivity contribution in [3.63, 3.8) is 0 Å². The van der Waals surface area contributed by atoms with E-state index in [1.807, 2.05) is 17.0 Å². The molecule has 0 saturated carbocycles. The Morgan fingerprint density at radius 3 is 2.88 bits per heavy atom. The number of nitrogens with zero attached hydrogens (tertiary/aromatic N) is 2. The summed E-state index contributed by atoms with van der Waals surface area (Å²) in [6, 6.07) is 8.57. The lowest BCUT2D eigenvalue weighted by molar-refractivity contribution is 0.0725. The van der Waals surface area contributed by atoms with E-state index in [-0.39, 0.29) is 17.8 Å². The maximum Gasteiger partial charge on any atom is 0.257 e. The predicted molar refractivity (Wildman–Crippen MR) is 95.1 cm³/mol. The van der Waals surface area contributed by atoms with Gasteiger partial charge in [-0.25, -0.2) is 9.37 Å². The monoisotopic (exact) mass is 339 g/mol. The minimum atomic E-state index is -0.224. The standard InChI is InChI=1S/C20H22FN3O/c21-15-8-6-14-7-9-18(17(14)13-15)23-19-16(5-4-10-22-19)20(25)24-11-2-1-3-12-24/h4-6,8,10,13,18H,1-3,7,9,11-12H2,(H,22,23). The van der Waals surface area contributed by atoms with E-state index in [2.05, 4.69) is 10.3 Å². The molecule has 4 rings (SSSR count). The molecule has 0 radical (unpaired) electrons. The van der Waals surface area contributed by atoms with Crippen LogP contribution in [0.2, 0.25) is 0 Å². The van der Waals surface area contributed by atoms with Gasteiger partial charge in [-0.2, -0.15) is 0 Å². The molecular formula is C20H22FN3O. The number of nitrogens with one attached hydrogen (secondary N) is 1. The largest absolute Gasteiger partial charge is 0.363 e. The van der Waals surface area contributed by atoms with E-state index in [0.29, 0.717) is 11.4 Å². The van der Waals surface area contributed by atoms with Gasteiger partial charge in [0.25, 0.3) is 5.91 Å². The molecule has 5 heteroatoms. The fourth-order valence-corrected chi connectivity index (χ4v) is 3.85. The topological polar surface area (TPSA) is 45.2 Å². The molecule has 2 aromatic rings. The van der Waals surface area contributed by atoms with E-state index in [4.69, 9.17) is 0 Å². The second-order valence-corrected chi connectivity index (χ2v) is 6.83. The second kappa shape index (κ2) is 6.82. The highest BCUT2D eigenvalue weighted by Crippen LogP contribution is 2.34. The van der Waals surface area contributed by atoms with E-state index in [1.165, 1.54) is 18.1 Å². The van der Waals surface area contributed by atoms with Crippen LogP contribution in [-0.2, 0) is 6.42 Å². The first kappa shape index (κ1) is 16.1. The summed E-state index contributed by atoms with van der Waals surface area (Å²) in [6.45, 7) is 1.62. The first-order valence-corrected chi connectivity index (χ1v) is 9.01. The first-order valence-electron chi connectivity index (χ1n) is 9.01. The van der Waals surface area contributed by atoms with Gasteiger partial charge in [-0.1, -0.05) is 6.07 Å². The Morgan fingerprint density at radius 1 is 1.20 bits per heavy atom. The van der Waals surface area contributed by atoms with Crippen molar-refractivity contribution in [2.45, 2.75) is 38.1 Å². The number of anilines is 1. The molecule has 2 heterocycles. The summed E-state index contributed by atoms with van der Waals surface area (Å²) in [5, 5.41) is 3.39. The SMILES string of the molecule is O=C(c1cccnc1NC1CCc2ccc(F)cc21)N1CCCCC1. The zero-order valence-corrected chi connectivity index (χ0v) is 14.2. The van der Waals surface area contributed by atoms with E-state index in [1.54, 1.807) is 18.3 Å². The fraction of sp³-hybridized carbons (Fsp3) is 0.400. The summed E-state index contributed by atoms with van der Waals surface area (Å²) in [7, 11) is 0. The Morgan fingerprint density at radius 2 is 2.04 bits per heavy atom. The summed E-state index contributed by atoms with van der Waals surface area (Å²) >= 11 is 0. The summed E-state index contributed by atoms with van der Waals surface area (Å²) < 4.78 is 13.6. The first-order chi connectivity index (χ1) is 12.2. The third-order valence-corrected chi connectivity index (χ3v) is 5.18. The molecule has 1 fully saturated rings. The van der Waals surface area contributed by atoms with Crippen LogP contribution in [0.1, 0.15) is 53.2 Å². The van der Waals surface area contributed by atoms with Crippen LogP contribution < -0.4 is 5.32 Å². The lowest BCUT2D eigenvalue weighted by Gasteiger charge is -2.27. The van der Waals surface area contributed by atoms with Crippen LogP contribution in [0.3, 0.4) is 0 Å². The van der Waals surface area contributed by atoms with Crippen LogP contribution in [0.5, 0.6) is 0 Å². The number of hydrogen-bond acceptors (Lipinski definition) is 3. The Bertz CT molecular complexity index is 786. The van der Waals surface area contributed by atoms with Crippen LogP contribution in [-0.4, -0.2) is 28.9 Å². The van der Waals surface area contributed by atoms with Crippen molar-refractivity contribution >= 4 is 11.7 Å². The van der Waals surface area contributed by atoms with Crippen molar-refractivity contribution < 1.29 is 9.18 Å². The molecule has 1 aromatic heterocycles. The molecular weight excluding hydrogens is 317 g/mol. The van der Waals surface area contributed by atoms with Gasteiger partial charge in [0.1, 0.15) is 11.6 Å². The van der Waals surface area contributed by atoms with Crippen LogP contribution in [0.4, 0.5) is 10.2 Å². The number of piperidine rings is 1. The number of halogens is 1. The zero-order valence-electron chi connectivity index (χ0n) is 14.2. The van der Waals surface area contributed by atoms with Gasteiger partial charge in [0.2, 0.25) is 0 Å². The third kappa shape index (κ3) is 3.23. The van der Waals surface area contributed by atoms with Gasteiger partial charge in [-0.3, -0.25) is 4.79 Å². The number of aryl methyl sites for hydroxylation is 1. The minimum absolute atomic E-state index is 0.00601. The Balaban J connectivity index is 1.58. The van der Waals surface area contributed by atoms with Gasteiger partial charge >= 0.3 is 0 Å². The molecule has 1 saturated heterocycles. The van der Waals surface area contributed by atoms with Crippen molar-refractivity contribution in [1.82, 2.24) is 9.88 Å². The molecule has 1 atom stereocenters. The molecule has 2 aliphatic rings. The predicted octanol–water partition coefficient (Wildman–Crippen LogP) is 3.95. The van der Waals surface area contributed by atoms with Gasteiger partial charge in [0.05, 0.1) is 11.6 Å². The normalized spacial score (nSPS) is 19.6. The highest BCUT2D eigenvalue weighted by molar-refractivity contribution is 5.98. The molecule has 1 amide bonds. The van der Waals surface area contributed by atoms with E-state index >= 15 is 0 Å². The van der Waals surface area contributed by atoms with Crippen molar-refractivity contribution in [1.29, 1.82) is 0 Å². The Labute approximate surface area is 147 Å².